The van der Waals surface area contributed by atoms with Gasteiger partial charge in [-0.3, -0.25) is 19.3 Å². The third-order valence-electron chi connectivity index (χ3n) is 7.72. The monoisotopic (exact) mass is 596 g/mol. The molecule has 1 saturated carbocycles. The van der Waals surface area contributed by atoms with E-state index >= 15 is 0 Å². The zero-order chi connectivity index (χ0) is 28.5. The second kappa shape index (κ2) is 9.16. The smallest absolute Gasteiger partial charge is 0.255 e. The van der Waals surface area contributed by atoms with E-state index in [2.05, 4.69) is 15.9 Å². The number of primary amides is 1. The van der Waals surface area contributed by atoms with Crippen molar-refractivity contribution < 1.29 is 39.9 Å². The topological polar surface area (TPSA) is 182 Å². The van der Waals surface area contributed by atoms with E-state index < -0.39 is 69.7 Å². The minimum Gasteiger partial charge on any atom is -0.508 e. The second-order valence-electron chi connectivity index (χ2n) is 10.1. The average molecular weight is 597 g/mol. The van der Waals surface area contributed by atoms with Gasteiger partial charge in [-0.15, -0.1) is 0 Å². The average Bonchev–Trinajstić information content (AvgIpc) is 2.86. The Labute approximate surface area is 231 Å². The van der Waals surface area contributed by atoms with Crippen LogP contribution in [0.15, 0.2) is 63.8 Å². The van der Waals surface area contributed by atoms with Crippen LogP contribution in [0.3, 0.4) is 0 Å². The molecule has 0 saturated heterocycles. The van der Waals surface area contributed by atoms with Crippen molar-refractivity contribution in [2.75, 3.05) is 14.1 Å². The first kappa shape index (κ1) is 26.8. The maximum absolute atomic E-state index is 14.1. The van der Waals surface area contributed by atoms with Crippen molar-refractivity contribution in [3.05, 3.63) is 80.5 Å². The van der Waals surface area contributed by atoms with Crippen LogP contribution in [0.25, 0.3) is 17.4 Å². The fourth-order valence-corrected chi connectivity index (χ4v) is 6.31. The maximum Gasteiger partial charge on any atom is 0.255 e. The van der Waals surface area contributed by atoms with E-state index in [0.29, 0.717) is 16.7 Å². The van der Waals surface area contributed by atoms with Gasteiger partial charge in [0.05, 0.1) is 29.2 Å². The minimum atomic E-state index is -2.98. The summed E-state index contributed by atoms with van der Waals surface area (Å²) in [7, 11) is 2.91. The number of likely N-dealkylation sites (N-methyl/N-ethyl adjacent to an activating group) is 1. The van der Waals surface area contributed by atoms with Crippen molar-refractivity contribution in [3.63, 3.8) is 0 Å². The van der Waals surface area contributed by atoms with Crippen molar-refractivity contribution in [2.24, 2.45) is 17.6 Å². The normalized spacial score (nSPS) is 29.4. The number of hydrogen-bond acceptors (Lipinski definition) is 9. The van der Waals surface area contributed by atoms with Gasteiger partial charge in [-0.05, 0) is 49.0 Å². The van der Waals surface area contributed by atoms with Crippen LogP contribution in [-0.4, -0.2) is 79.7 Å². The molecule has 39 heavy (non-hydrogen) atoms. The van der Waals surface area contributed by atoms with Crippen LogP contribution in [0.2, 0.25) is 0 Å². The molecule has 10 nitrogen and oxygen atoms in total. The molecule has 202 valence electrons. The zero-order valence-corrected chi connectivity index (χ0v) is 22.4. The Morgan fingerprint density at radius 2 is 1.72 bits per heavy atom. The standard InChI is InChI=1S/C28H25BrN2O8/c1-31(2)21-20-23(34)17-14(10-11-6-8-12(29)9-7-11)13-4-3-5-15(32)16(13)22(33)18(17)25(36)28(20,39)26(37)19(24(21)35)27(30)38/h3-10,17,20-21,23,32-34,37,39H,1-2H3,(H2,30,38)/b14-10+/t17-,20-,21+,23+,28+/m1/s1. The number of benzene rings is 2. The molecule has 1 fully saturated rings. The lowest BCUT2D eigenvalue weighted by Gasteiger charge is -2.53. The Balaban J connectivity index is 1.86. The Hall–Kier alpha value is -3.77. The number of aliphatic hydroxyl groups excluding tert-OH is 3. The zero-order valence-electron chi connectivity index (χ0n) is 20.8. The summed E-state index contributed by atoms with van der Waals surface area (Å²) in [5, 5.41) is 56.6. The van der Waals surface area contributed by atoms with Gasteiger partial charge in [-0.1, -0.05) is 46.3 Å². The molecule has 0 unspecified atom stereocenters. The highest BCUT2D eigenvalue weighted by atomic mass is 79.9. The minimum absolute atomic E-state index is 0.107. The number of aromatic hydroxyl groups is 1. The summed E-state index contributed by atoms with van der Waals surface area (Å²) in [6.45, 7) is 0. The van der Waals surface area contributed by atoms with Crippen LogP contribution in [0.5, 0.6) is 5.75 Å². The summed E-state index contributed by atoms with van der Waals surface area (Å²) >= 11 is 3.37. The highest BCUT2D eigenvalue weighted by molar-refractivity contribution is 9.10. The van der Waals surface area contributed by atoms with Crippen LogP contribution in [0, 0.1) is 11.8 Å². The molecule has 3 aliphatic rings. The third kappa shape index (κ3) is 3.69. The molecule has 0 aromatic heterocycles. The molecule has 0 bridgehead atoms. The molecule has 5 rings (SSSR count). The number of rotatable bonds is 3. The number of phenolic OH excluding ortho intramolecular Hbond substituents is 1. The molecule has 0 spiro atoms. The number of phenols is 1. The molecule has 11 heteroatoms. The summed E-state index contributed by atoms with van der Waals surface area (Å²) in [6, 6.07) is 10.1. The number of aliphatic hydroxyl groups is 4. The van der Waals surface area contributed by atoms with Gasteiger partial charge in [0.25, 0.3) is 5.91 Å². The summed E-state index contributed by atoms with van der Waals surface area (Å²) in [5.74, 6) is -8.83. The first-order chi connectivity index (χ1) is 18.3. The summed E-state index contributed by atoms with van der Waals surface area (Å²) in [4.78, 5) is 40.9. The lowest BCUT2D eigenvalue weighted by molar-refractivity contribution is -0.166. The number of carbonyl (C=O) groups excluding carboxylic acids is 3. The lowest BCUT2D eigenvalue weighted by Crippen LogP contribution is -2.70. The number of ketones is 2. The number of nitrogens with two attached hydrogens (primary N) is 1. The third-order valence-corrected chi connectivity index (χ3v) is 8.25. The molecule has 0 heterocycles. The molecule has 2 aromatic rings. The van der Waals surface area contributed by atoms with E-state index in [1.165, 1.54) is 31.1 Å². The number of carbonyl (C=O) groups is 3. The first-order valence-electron chi connectivity index (χ1n) is 11.9. The van der Waals surface area contributed by atoms with Gasteiger partial charge in [-0.25, -0.2) is 0 Å². The first-order valence-corrected chi connectivity index (χ1v) is 12.7. The number of nitrogens with zero attached hydrogens (tertiary/aromatic N) is 1. The van der Waals surface area contributed by atoms with Crippen LogP contribution in [-0.2, 0) is 14.4 Å². The van der Waals surface area contributed by atoms with Crippen molar-refractivity contribution in [1.29, 1.82) is 0 Å². The molecule has 0 aliphatic heterocycles. The number of Topliss-reactive ketones (excluding diaryl/α,β-unsaturated/α-hetero) is 2. The second-order valence-corrected chi connectivity index (χ2v) is 11.0. The van der Waals surface area contributed by atoms with E-state index in [9.17, 15) is 39.9 Å². The van der Waals surface area contributed by atoms with Crippen molar-refractivity contribution >= 4 is 50.8 Å². The van der Waals surface area contributed by atoms with Crippen LogP contribution in [0.4, 0.5) is 0 Å². The van der Waals surface area contributed by atoms with Gasteiger partial charge < -0.3 is 31.3 Å². The SMILES string of the molecule is CN(C)[C@@H]1C(=O)C(C(N)=O)=C(O)[C@@]2(O)C(=O)C3=C(O)c4c(O)cccc4/C(=C\c4ccc(Br)cc4)[C@H]3[C@H](O)[C@@H]12. The molecule has 3 aliphatic carbocycles. The molecule has 1 amide bonds. The van der Waals surface area contributed by atoms with Gasteiger partial charge in [0.2, 0.25) is 5.78 Å². The highest BCUT2D eigenvalue weighted by Crippen LogP contribution is 2.56. The Bertz CT molecular complexity index is 1540. The Kier molecular flexibility index (Phi) is 6.30. The van der Waals surface area contributed by atoms with Gasteiger partial charge in [-0.2, -0.15) is 0 Å². The van der Waals surface area contributed by atoms with Crippen molar-refractivity contribution in [3.8, 4) is 5.75 Å². The van der Waals surface area contributed by atoms with Gasteiger partial charge in [0.1, 0.15) is 22.8 Å². The van der Waals surface area contributed by atoms with Crippen LogP contribution >= 0.6 is 15.9 Å². The van der Waals surface area contributed by atoms with Gasteiger partial charge in [0, 0.05) is 10.4 Å². The number of halogens is 1. The fraction of sp³-hybridized carbons (Fsp3) is 0.250. The van der Waals surface area contributed by atoms with Crippen LogP contribution < -0.4 is 5.73 Å². The van der Waals surface area contributed by atoms with Crippen LogP contribution in [0.1, 0.15) is 16.7 Å². The van der Waals surface area contributed by atoms with E-state index in [-0.39, 0.29) is 11.3 Å². The molecule has 7 N–H and O–H groups in total. The summed E-state index contributed by atoms with van der Waals surface area (Å²) < 4.78 is 0.810. The molecule has 2 aromatic carbocycles. The fourth-order valence-electron chi connectivity index (χ4n) is 6.05. The largest absolute Gasteiger partial charge is 0.508 e. The van der Waals surface area contributed by atoms with Crippen molar-refractivity contribution in [2.45, 2.75) is 17.7 Å². The van der Waals surface area contributed by atoms with E-state index in [4.69, 9.17) is 5.73 Å². The van der Waals surface area contributed by atoms with E-state index in [0.717, 1.165) is 4.47 Å². The highest BCUT2D eigenvalue weighted by Gasteiger charge is 2.68. The van der Waals surface area contributed by atoms with Gasteiger partial charge >= 0.3 is 0 Å². The van der Waals surface area contributed by atoms with Gasteiger partial charge in [0.15, 0.2) is 11.4 Å². The lowest BCUT2D eigenvalue weighted by atomic mass is 9.55. The predicted molar refractivity (Wildman–Crippen MR) is 144 cm³/mol. The summed E-state index contributed by atoms with van der Waals surface area (Å²) in [5.41, 5.74) is 2.12. The quantitative estimate of drug-likeness (QED) is 0.287. The summed E-state index contributed by atoms with van der Waals surface area (Å²) in [6.07, 6.45) is -0.0577. The Morgan fingerprint density at radius 3 is 2.31 bits per heavy atom. The van der Waals surface area contributed by atoms with E-state index in [1.54, 1.807) is 36.4 Å². The molecular weight excluding hydrogens is 572 g/mol. The maximum atomic E-state index is 14.1. The number of hydrogen-bond donors (Lipinski definition) is 6. The van der Waals surface area contributed by atoms with E-state index in [1.807, 2.05) is 0 Å². The van der Waals surface area contributed by atoms with Crippen molar-refractivity contribution in [1.82, 2.24) is 4.90 Å². The molecular formula is C28H25BrN2O8. The predicted octanol–water partition coefficient (Wildman–Crippen LogP) is 1.70. The number of fused-ring (bicyclic) bond motifs is 3. The molecule has 0 radical (unpaired) electrons. The Morgan fingerprint density at radius 1 is 1.08 bits per heavy atom. The number of amides is 1. The molecule has 5 atom stereocenters.